The first-order valence-electron chi connectivity index (χ1n) is 8.25. The van der Waals surface area contributed by atoms with E-state index in [2.05, 4.69) is 15.7 Å². The zero-order valence-corrected chi connectivity index (χ0v) is 14.3. The first-order chi connectivity index (χ1) is 12.7. The van der Waals surface area contributed by atoms with E-state index in [1.54, 1.807) is 6.92 Å². The number of benzene rings is 2. The molecule has 3 aromatic rings. The van der Waals surface area contributed by atoms with Crippen LogP contribution >= 0.6 is 0 Å². The Bertz CT molecular complexity index is 933. The Balaban J connectivity index is 1.57. The number of rotatable bonds is 7. The van der Waals surface area contributed by atoms with Gasteiger partial charge in [-0.05, 0) is 47.2 Å². The van der Waals surface area contributed by atoms with Crippen molar-refractivity contribution >= 4 is 5.91 Å². The molecule has 1 heterocycles. The predicted molar refractivity (Wildman–Crippen MR) is 94.8 cm³/mol. The van der Waals surface area contributed by atoms with Crippen molar-refractivity contribution in [2.24, 2.45) is 0 Å². The Morgan fingerprint density at radius 2 is 1.77 bits per heavy atom. The van der Waals surface area contributed by atoms with Gasteiger partial charge in [0.25, 0.3) is 0 Å². The van der Waals surface area contributed by atoms with Crippen LogP contribution in [0, 0.1) is 0 Å². The summed E-state index contributed by atoms with van der Waals surface area (Å²) in [5.74, 6) is 1.11. The summed E-state index contributed by atoms with van der Waals surface area (Å²) in [5.41, 5.74) is 0.484. The van der Waals surface area contributed by atoms with Crippen molar-refractivity contribution in [1.82, 2.24) is 25.1 Å². The van der Waals surface area contributed by atoms with Crippen LogP contribution in [0.25, 0.3) is 0 Å². The van der Waals surface area contributed by atoms with Crippen LogP contribution in [0.3, 0.4) is 0 Å². The molecular weight excluding hydrogens is 334 g/mol. The smallest absolute Gasteiger partial charge is 0.364 e. The minimum absolute atomic E-state index is 0.168. The fraction of sp³-hybridized carbons (Fsp3) is 0.222. The van der Waals surface area contributed by atoms with Gasteiger partial charge in [-0.25, -0.2) is 4.79 Å². The normalized spacial score (nSPS) is 10.5. The third-order valence-corrected chi connectivity index (χ3v) is 3.66. The number of tetrazole rings is 1. The number of aryl methyl sites for hydroxylation is 1. The molecule has 0 fully saturated rings. The molecule has 2 aromatic carbocycles. The molecular formula is C18H19N5O3. The molecule has 0 aliphatic rings. The van der Waals surface area contributed by atoms with Crippen molar-refractivity contribution < 1.29 is 9.53 Å². The number of nitrogens with one attached hydrogen (secondary N) is 1. The number of hydrogen-bond acceptors (Lipinski definition) is 5. The van der Waals surface area contributed by atoms with E-state index < -0.39 is 5.69 Å². The Labute approximate surface area is 150 Å². The van der Waals surface area contributed by atoms with Crippen LogP contribution < -0.4 is 15.7 Å². The zero-order chi connectivity index (χ0) is 18.4. The lowest BCUT2D eigenvalue weighted by molar-refractivity contribution is -0.122. The lowest BCUT2D eigenvalue weighted by Crippen LogP contribution is -2.33. The Hall–Kier alpha value is -3.42. The number of carbonyl (C=O) groups excluding carboxylic acids is 1. The molecule has 0 unspecified atom stereocenters. The second-order valence-corrected chi connectivity index (χ2v) is 5.57. The molecule has 0 saturated heterocycles. The Morgan fingerprint density at radius 3 is 2.50 bits per heavy atom. The monoisotopic (exact) mass is 353 g/mol. The molecule has 0 radical (unpaired) electrons. The van der Waals surface area contributed by atoms with Gasteiger partial charge in [-0.3, -0.25) is 4.79 Å². The zero-order valence-electron chi connectivity index (χ0n) is 14.3. The molecule has 0 atom stereocenters. The minimum atomic E-state index is -0.402. The molecule has 1 aromatic heterocycles. The van der Waals surface area contributed by atoms with Crippen molar-refractivity contribution in [2.75, 3.05) is 0 Å². The van der Waals surface area contributed by atoms with E-state index in [0.717, 1.165) is 16.0 Å². The molecule has 26 heavy (non-hydrogen) atoms. The third kappa shape index (κ3) is 4.35. The Kier molecular flexibility index (Phi) is 5.43. The largest absolute Gasteiger partial charge is 0.457 e. The van der Waals surface area contributed by atoms with Crippen molar-refractivity contribution in [3.63, 3.8) is 0 Å². The van der Waals surface area contributed by atoms with Gasteiger partial charge in [0, 0.05) is 13.1 Å². The molecule has 0 bridgehead atoms. The van der Waals surface area contributed by atoms with Crippen LogP contribution in [0.2, 0.25) is 0 Å². The highest BCUT2D eigenvalue weighted by molar-refractivity contribution is 5.75. The summed E-state index contributed by atoms with van der Waals surface area (Å²) in [7, 11) is 0. The van der Waals surface area contributed by atoms with Crippen LogP contribution in [-0.4, -0.2) is 25.7 Å². The fourth-order valence-electron chi connectivity index (χ4n) is 2.34. The number of amides is 1. The fourth-order valence-corrected chi connectivity index (χ4v) is 2.34. The summed E-state index contributed by atoms with van der Waals surface area (Å²) in [5, 5.41) is 10.1. The summed E-state index contributed by atoms with van der Waals surface area (Å²) in [6.07, 6.45) is 0. The summed E-state index contributed by atoms with van der Waals surface area (Å²) >= 11 is 0. The van der Waals surface area contributed by atoms with Gasteiger partial charge >= 0.3 is 5.69 Å². The van der Waals surface area contributed by atoms with Gasteiger partial charge in [-0.1, -0.05) is 30.3 Å². The highest BCUT2D eigenvalue weighted by Crippen LogP contribution is 2.21. The Morgan fingerprint density at radius 1 is 1.04 bits per heavy atom. The van der Waals surface area contributed by atoms with Crippen molar-refractivity contribution in [2.45, 2.75) is 26.6 Å². The van der Waals surface area contributed by atoms with Crippen LogP contribution in [0.5, 0.6) is 11.5 Å². The summed E-state index contributed by atoms with van der Waals surface area (Å²) in [6, 6.07) is 16.9. The maximum Gasteiger partial charge on any atom is 0.364 e. The first kappa shape index (κ1) is 17.4. The van der Waals surface area contributed by atoms with Crippen molar-refractivity contribution in [3.8, 4) is 11.5 Å². The maximum absolute atomic E-state index is 12.0. The number of para-hydroxylation sites is 1. The summed E-state index contributed by atoms with van der Waals surface area (Å²) in [4.78, 5) is 23.9. The van der Waals surface area contributed by atoms with E-state index in [1.165, 1.54) is 4.68 Å². The quantitative estimate of drug-likeness (QED) is 0.696. The van der Waals surface area contributed by atoms with Gasteiger partial charge in [-0.15, -0.1) is 0 Å². The SMILES string of the molecule is CCn1nnn(CC(=O)NCc2cccc(Oc3ccccc3)c2)c1=O. The number of nitrogens with zero attached hydrogens (tertiary/aromatic N) is 4. The standard InChI is InChI=1S/C18H19N5O3/c1-2-22-18(25)23(21-20-22)13-17(24)19-12-14-7-6-10-16(11-14)26-15-8-4-3-5-9-15/h3-11H,2,12-13H2,1H3,(H,19,24). The molecule has 0 spiro atoms. The van der Waals surface area contributed by atoms with Gasteiger partial charge in [0.2, 0.25) is 5.91 Å². The molecule has 8 heteroatoms. The number of carbonyl (C=O) groups is 1. The average molecular weight is 353 g/mol. The number of hydrogen-bond donors (Lipinski definition) is 1. The predicted octanol–water partition coefficient (Wildman–Crippen LogP) is 1.57. The van der Waals surface area contributed by atoms with E-state index in [-0.39, 0.29) is 12.5 Å². The second-order valence-electron chi connectivity index (χ2n) is 5.57. The van der Waals surface area contributed by atoms with Gasteiger partial charge in [0.1, 0.15) is 18.0 Å². The highest BCUT2D eigenvalue weighted by atomic mass is 16.5. The van der Waals surface area contributed by atoms with E-state index in [1.807, 2.05) is 54.6 Å². The van der Waals surface area contributed by atoms with Crippen LogP contribution in [0.15, 0.2) is 59.4 Å². The van der Waals surface area contributed by atoms with E-state index in [0.29, 0.717) is 18.8 Å². The number of ether oxygens (including phenoxy) is 1. The molecule has 3 rings (SSSR count). The topological polar surface area (TPSA) is 91.0 Å². The van der Waals surface area contributed by atoms with Crippen molar-refractivity contribution in [3.05, 3.63) is 70.6 Å². The maximum atomic E-state index is 12.0. The van der Waals surface area contributed by atoms with Crippen molar-refractivity contribution in [1.29, 1.82) is 0 Å². The molecule has 0 aliphatic carbocycles. The third-order valence-electron chi connectivity index (χ3n) is 3.66. The first-order valence-corrected chi connectivity index (χ1v) is 8.25. The van der Waals surface area contributed by atoms with E-state index in [9.17, 15) is 9.59 Å². The molecule has 134 valence electrons. The highest BCUT2D eigenvalue weighted by Gasteiger charge is 2.10. The van der Waals surface area contributed by atoms with Crippen LogP contribution in [0.1, 0.15) is 12.5 Å². The lowest BCUT2D eigenvalue weighted by Gasteiger charge is -2.08. The van der Waals surface area contributed by atoms with Gasteiger partial charge < -0.3 is 10.1 Å². The average Bonchev–Trinajstić information content (AvgIpc) is 3.01. The number of aromatic nitrogens is 4. The molecule has 1 amide bonds. The lowest BCUT2D eigenvalue weighted by atomic mass is 10.2. The minimum Gasteiger partial charge on any atom is -0.457 e. The summed E-state index contributed by atoms with van der Waals surface area (Å²) in [6.45, 7) is 2.35. The van der Waals surface area contributed by atoms with Gasteiger partial charge in [-0.2, -0.15) is 9.36 Å². The van der Waals surface area contributed by atoms with Crippen LogP contribution in [0.4, 0.5) is 0 Å². The van der Waals surface area contributed by atoms with E-state index in [4.69, 9.17) is 4.74 Å². The van der Waals surface area contributed by atoms with Crippen LogP contribution in [-0.2, 0) is 24.4 Å². The second kappa shape index (κ2) is 8.11. The molecule has 0 saturated carbocycles. The molecule has 0 aliphatic heterocycles. The van der Waals surface area contributed by atoms with Gasteiger partial charge in [0.15, 0.2) is 0 Å². The van der Waals surface area contributed by atoms with E-state index >= 15 is 0 Å². The molecule has 1 N–H and O–H groups in total. The summed E-state index contributed by atoms with van der Waals surface area (Å²) < 4.78 is 8.00. The van der Waals surface area contributed by atoms with Gasteiger partial charge in [0.05, 0.1) is 0 Å². The molecule has 8 nitrogen and oxygen atoms in total.